The van der Waals surface area contributed by atoms with E-state index in [9.17, 15) is 0 Å². The maximum absolute atomic E-state index is 4.50. The van der Waals surface area contributed by atoms with E-state index < -0.39 is 0 Å². The van der Waals surface area contributed by atoms with Gasteiger partial charge in [-0.05, 0) is 38.4 Å². The molecule has 0 aliphatic carbocycles. The van der Waals surface area contributed by atoms with Gasteiger partial charge in [-0.3, -0.25) is 0 Å². The van der Waals surface area contributed by atoms with Crippen LogP contribution in [0.15, 0.2) is 41.6 Å². The zero-order valence-electron chi connectivity index (χ0n) is 13.0. The maximum Gasteiger partial charge on any atom is 0.188 e. The van der Waals surface area contributed by atoms with Gasteiger partial charge in [0.25, 0.3) is 0 Å². The normalized spacial score (nSPS) is 12.3. The fourth-order valence-corrected chi connectivity index (χ4v) is 3.24. The van der Waals surface area contributed by atoms with Gasteiger partial charge in [0.15, 0.2) is 5.16 Å². The third-order valence-corrected chi connectivity index (χ3v) is 4.12. The highest BCUT2D eigenvalue weighted by Crippen LogP contribution is 2.22. The Bertz CT molecular complexity index is 537. The van der Waals surface area contributed by atoms with Gasteiger partial charge >= 0.3 is 0 Å². The molecule has 1 unspecified atom stereocenters. The second kappa shape index (κ2) is 8.15. The lowest BCUT2D eigenvalue weighted by atomic mass is 10.1. The summed E-state index contributed by atoms with van der Waals surface area (Å²) in [5.74, 6) is 0.937. The molecule has 0 radical (unpaired) electrons. The molecule has 2 rings (SSSR count). The third-order valence-electron chi connectivity index (χ3n) is 3.18. The van der Waals surface area contributed by atoms with Gasteiger partial charge in [-0.15, -0.1) is 0 Å². The minimum absolute atomic E-state index is 0.334. The van der Waals surface area contributed by atoms with Crippen molar-refractivity contribution < 1.29 is 0 Å². The van der Waals surface area contributed by atoms with Crippen LogP contribution in [0.1, 0.15) is 36.3 Å². The highest BCUT2D eigenvalue weighted by molar-refractivity contribution is 7.99. The first-order chi connectivity index (χ1) is 10.2. The molecule has 3 nitrogen and oxygen atoms in total. The van der Waals surface area contributed by atoms with E-state index in [1.165, 1.54) is 5.56 Å². The molecule has 1 atom stereocenters. The van der Waals surface area contributed by atoms with Crippen molar-refractivity contribution in [2.24, 2.45) is 0 Å². The topological polar surface area (TPSA) is 37.8 Å². The lowest BCUT2D eigenvalue weighted by molar-refractivity contribution is 0.577. The lowest BCUT2D eigenvalue weighted by Crippen LogP contribution is -2.24. The summed E-state index contributed by atoms with van der Waals surface area (Å²) in [6.07, 6.45) is 1.13. The molecule has 21 heavy (non-hydrogen) atoms. The third kappa shape index (κ3) is 5.14. The highest BCUT2D eigenvalue weighted by atomic mass is 32.2. The molecule has 2 aromatic rings. The van der Waals surface area contributed by atoms with Crippen LogP contribution < -0.4 is 5.32 Å². The number of hydrogen-bond donors (Lipinski definition) is 1. The van der Waals surface area contributed by atoms with Crippen LogP contribution in [0.5, 0.6) is 0 Å². The molecular weight excluding hydrogens is 278 g/mol. The zero-order chi connectivity index (χ0) is 15.1. The van der Waals surface area contributed by atoms with E-state index >= 15 is 0 Å². The maximum atomic E-state index is 4.50. The van der Waals surface area contributed by atoms with Crippen LogP contribution in [0.2, 0.25) is 0 Å². The molecule has 1 N–H and O–H groups in total. The van der Waals surface area contributed by atoms with E-state index in [2.05, 4.69) is 52.5 Å². The molecule has 0 bridgehead atoms. The predicted molar refractivity (Wildman–Crippen MR) is 89.7 cm³/mol. The first-order valence-electron chi connectivity index (χ1n) is 7.42. The summed E-state index contributed by atoms with van der Waals surface area (Å²) in [6, 6.07) is 12.9. The molecule has 112 valence electrons. The highest BCUT2D eigenvalue weighted by Gasteiger charge is 2.12. The van der Waals surface area contributed by atoms with Crippen molar-refractivity contribution in [1.82, 2.24) is 15.3 Å². The number of rotatable bonds is 7. The molecule has 0 saturated heterocycles. The first-order valence-corrected chi connectivity index (χ1v) is 8.41. The molecule has 0 saturated carbocycles. The van der Waals surface area contributed by atoms with Crippen molar-refractivity contribution >= 4 is 11.8 Å². The second-order valence-electron chi connectivity index (χ2n) is 5.16. The summed E-state index contributed by atoms with van der Waals surface area (Å²) in [7, 11) is 0. The average Bonchev–Trinajstić information content (AvgIpc) is 2.47. The summed E-state index contributed by atoms with van der Waals surface area (Å²) >= 11 is 1.72. The van der Waals surface area contributed by atoms with Crippen molar-refractivity contribution in [3.05, 3.63) is 53.3 Å². The number of nitrogens with zero attached hydrogens (tertiary/aromatic N) is 2. The van der Waals surface area contributed by atoms with Crippen LogP contribution in [0.25, 0.3) is 0 Å². The van der Waals surface area contributed by atoms with E-state index in [-0.39, 0.29) is 0 Å². The summed E-state index contributed by atoms with van der Waals surface area (Å²) in [5, 5.41) is 4.48. The summed E-state index contributed by atoms with van der Waals surface area (Å²) in [5.41, 5.74) is 3.38. The molecule has 1 aromatic carbocycles. The number of nitrogens with one attached hydrogen (secondary N) is 1. The SMILES string of the molecule is CCCNC(CSc1nc(C)cc(C)n1)c1ccccc1. The van der Waals surface area contributed by atoms with Crippen molar-refractivity contribution in [2.75, 3.05) is 12.3 Å². The van der Waals surface area contributed by atoms with Crippen LogP contribution in [0, 0.1) is 13.8 Å². The van der Waals surface area contributed by atoms with Gasteiger partial charge in [0.05, 0.1) is 0 Å². The smallest absolute Gasteiger partial charge is 0.188 e. The van der Waals surface area contributed by atoms with Crippen molar-refractivity contribution in [2.45, 2.75) is 38.4 Å². The zero-order valence-corrected chi connectivity index (χ0v) is 13.8. The quantitative estimate of drug-likeness (QED) is 0.621. The average molecular weight is 301 g/mol. The number of thioether (sulfide) groups is 1. The molecule has 0 fully saturated rings. The number of hydrogen-bond acceptors (Lipinski definition) is 4. The Morgan fingerprint density at radius 2 is 1.76 bits per heavy atom. The standard InChI is InChI=1S/C17H23N3S/c1-4-10-18-16(15-8-6-5-7-9-15)12-21-17-19-13(2)11-14(3)20-17/h5-9,11,16,18H,4,10,12H2,1-3H3. The monoisotopic (exact) mass is 301 g/mol. The van der Waals surface area contributed by atoms with Crippen LogP contribution >= 0.6 is 11.8 Å². The van der Waals surface area contributed by atoms with Gasteiger partial charge in [-0.1, -0.05) is 49.0 Å². The molecule has 0 amide bonds. The summed E-state index contributed by atoms with van der Waals surface area (Å²) in [4.78, 5) is 9.01. The van der Waals surface area contributed by atoms with Crippen LogP contribution in [-0.4, -0.2) is 22.3 Å². The van der Waals surface area contributed by atoms with Gasteiger partial charge in [0.2, 0.25) is 0 Å². The van der Waals surface area contributed by atoms with Crippen LogP contribution in [0.3, 0.4) is 0 Å². The van der Waals surface area contributed by atoms with Gasteiger partial charge in [0.1, 0.15) is 0 Å². The minimum Gasteiger partial charge on any atom is -0.309 e. The van der Waals surface area contributed by atoms with Crippen LogP contribution in [-0.2, 0) is 0 Å². The van der Waals surface area contributed by atoms with Crippen LogP contribution in [0.4, 0.5) is 0 Å². The Balaban J connectivity index is 2.05. The number of aromatic nitrogens is 2. The van der Waals surface area contributed by atoms with Gasteiger partial charge in [0, 0.05) is 23.2 Å². The molecular formula is C17H23N3S. The molecule has 0 aliphatic rings. The Morgan fingerprint density at radius 3 is 2.38 bits per heavy atom. The van der Waals surface area contributed by atoms with E-state index in [4.69, 9.17) is 0 Å². The summed E-state index contributed by atoms with van der Waals surface area (Å²) < 4.78 is 0. The fraction of sp³-hybridized carbons (Fsp3) is 0.412. The van der Waals surface area contributed by atoms with E-state index in [1.54, 1.807) is 11.8 Å². The number of benzene rings is 1. The van der Waals surface area contributed by atoms with Crippen molar-refractivity contribution in [1.29, 1.82) is 0 Å². The fourth-order valence-electron chi connectivity index (χ4n) is 2.19. The molecule has 0 spiro atoms. The minimum atomic E-state index is 0.334. The van der Waals surface area contributed by atoms with Crippen molar-refractivity contribution in [3.8, 4) is 0 Å². The van der Waals surface area contributed by atoms with Gasteiger partial charge < -0.3 is 5.32 Å². The Labute approximate surface area is 131 Å². The Hall–Kier alpha value is -1.39. The van der Waals surface area contributed by atoms with E-state index in [1.807, 2.05) is 19.9 Å². The van der Waals surface area contributed by atoms with Gasteiger partial charge in [-0.2, -0.15) is 0 Å². The lowest BCUT2D eigenvalue weighted by Gasteiger charge is -2.18. The van der Waals surface area contributed by atoms with E-state index in [0.717, 1.165) is 35.3 Å². The molecule has 4 heteroatoms. The largest absolute Gasteiger partial charge is 0.309 e. The van der Waals surface area contributed by atoms with Crippen molar-refractivity contribution in [3.63, 3.8) is 0 Å². The van der Waals surface area contributed by atoms with E-state index in [0.29, 0.717) is 6.04 Å². The molecule has 0 aliphatic heterocycles. The first kappa shape index (κ1) is 16.0. The summed E-state index contributed by atoms with van der Waals surface area (Å²) in [6.45, 7) is 7.24. The second-order valence-corrected chi connectivity index (χ2v) is 6.15. The molecule has 1 aromatic heterocycles. The Kier molecular flexibility index (Phi) is 6.21. The molecule has 1 heterocycles. The predicted octanol–water partition coefficient (Wildman–Crippen LogP) is 3.93. The number of aryl methyl sites for hydroxylation is 2. The Morgan fingerprint density at radius 1 is 1.10 bits per heavy atom. The van der Waals surface area contributed by atoms with Gasteiger partial charge in [-0.25, -0.2) is 9.97 Å².